The number of carboxylic acids is 1. The second kappa shape index (κ2) is 4.31. The first-order chi connectivity index (χ1) is 10.1. The molecule has 3 atom stereocenters. The lowest BCUT2D eigenvalue weighted by atomic mass is 9.71. The van der Waals surface area contributed by atoms with Crippen molar-refractivity contribution in [2.24, 2.45) is 12.5 Å². The molecule has 0 saturated carbocycles. The summed E-state index contributed by atoms with van der Waals surface area (Å²) in [6.45, 7) is 0. The maximum atomic E-state index is 11.9. The van der Waals surface area contributed by atoms with Crippen molar-refractivity contribution in [3.05, 3.63) is 30.0 Å². The fourth-order valence-corrected chi connectivity index (χ4v) is 4.00. The van der Waals surface area contributed by atoms with Gasteiger partial charge in [-0.1, -0.05) is 18.2 Å². The smallest absolute Gasteiger partial charge is 0.312 e. The number of aromatic nitrogens is 2. The summed E-state index contributed by atoms with van der Waals surface area (Å²) in [6.07, 6.45) is 2.84. The lowest BCUT2D eigenvalue weighted by Crippen LogP contribution is -2.42. The lowest BCUT2D eigenvalue weighted by Gasteiger charge is -2.30. The van der Waals surface area contributed by atoms with Crippen LogP contribution in [0.5, 0.6) is 0 Å². The number of aryl methyl sites for hydroxylation is 1. The summed E-state index contributed by atoms with van der Waals surface area (Å²) in [5, 5.41) is 15.4. The van der Waals surface area contributed by atoms with Gasteiger partial charge in [-0.05, 0) is 25.3 Å². The van der Waals surface area contributed by atoms with E-state index in [2.05, 4.69) is 5.10 Å². The van der Waals surface area contributed by atoms with E-state index in [4.69, 9.17) is 4.74 Å². The number of carbonyl (C=O) groups is 1. The second-order valence-electron chi connectivity index (χ2n) is 6.25. The third-order valence-electron chi connectivity index (χ3n) is 5.06. The summed E-state index contributed by atoms with van der Waals surface area (Å²) < 4.78 is 7.65. The predicted molar refractivity (Wildman–Crippen MR) is 77.0 cm³/mol. The van der Waals surface area contributed by atoms with Crippen LogP contribution >= 0.6 is 0 Å². The van der Waals surface area contributed by atoms with Crippen LogP contribution in [0.1, 0.15) is 25.0 Å². The van der Waals surface area contributed by atoms with E-state index in [1.54, 1.807) is 0 Å². The zero-order valence-corrected chi connectivity index (χ0v) is 12.0. The molecule has 3 heterocycles. The molecule has 0 radical (unpaired) electrons. The molecule has 2 aromatic rings. The molecule has 2 saturated heterocycles. The predicted octanol–water partition coefficient (Wildman–Crippen LogP) is 2.14. The van der Waals surface area contributed by atoms with E-state index >= 15 is 0 Å². The Hall–Kier alpha value is -1.88. The topological polar surface area (TPSA) is 64.4 Å². The van der Waals surface area contributed by atoms with Gasteiger partial charge in [-0.15, -0.1) is 0 Å². The molecule has 5 heteroatoms. The molecule has 1 N–H and O–H groups in total. The molecular formula is C16H18N2O3. The van der Waals surface area contributed by atoms with Crippen molar-refractivity contribution in [1.82, 2.24) is 9.78 Å². The molecule has 2 bridgehead atoms. The highest BCUT2D eigenvalue weighted by Crippen LogP contribution is 2.50. The number of benzene rings is 1. The summed E-state index contributed by atoms with van der Waals surface area (Å²) >= 11 is 0. The van der Waals surface area contributed by atoms with Gasteiger partial charge in [0.25, 0.3) is 0 Å². The Kier molecular flexibility index (Phi) is 2.63. The fraction of sp³-hybridized carbons (Fsp3) is 0.500. The molecule has 3 unspecified atom stereocenters. The second-order valence-corrected chi connectivity index (χ2v) is 6.25. The van der Waals surface area contributed by atoms with Gasteiger partial charge in [0.05, 0.1) is 23.4 Å². The monoisotopic (exact) mass is 286 g/mol. The number of nitrogens with zero attached hydrogens (tertiary/aromatic N) is 2. The third kappa shape index (κ3) is 1.73. The van der Waals surface area contributed by atoms with Gasteiger partial charge in [-0.25, -0.2) is 0 Å². The first kappa shape index (κ1) is 12.8. The van der Waals surface area contributed by atoms with Crippen LogP contribution in [-0.2, 0) is 23.0 Å². The standard InChI is InChI=1S/C16H18N2O3/c1-18-13-5-3-2-4-11(13)12(17-18)9-16(15(19)20)8-10-6-7-14(16)21-10/h2-5,10,14H,6-9H2,1H3,(H,19,20). The van der Waals surface area contributed by atoms with E-state index in [0.29, 0.717) is 12.8 Å². The Balaban J connectivity index is 1.78. The molecular weight excluding hydrogens is 268 g/mol. The van der Waals surface area contributed by atoms with Crippen LogP contribution in [-0.4, -0.2) is 33.1 Å². The number of hydrogen-bond donors (Lipinski definition) is 1. The summed E-state index contributed by atoms with van der Waals surface area (Å²) in [5.41, 5.74) is 1.10. The molecule has 4 rings (SSSR count). The Morgan fingerprint density at radius 1 is 1.48 bits per heavy atom. The van der Waals surface area contributed by atoms with E-state index in [-0.39, 0.29) is 12.2 Å². The normalized spacial score (nSPS) is 31.1. The lowest BCUT2D eigenvalue weighted by molar-refractivity contribution is -0.152. The Bertz CT molecular complexity index is 723. The largest absolute Gasteiger partial charge is 0.481 e. The number of carboxylic acid groups (broad SMARTS) is 1. The van der Waals surface area contributed by atoms with Gasteiger partial charge < -0.3 is 9.84 Å². The summed E-state index contributed by atoms with van der Waals surface area (Å²) in [6, 6.07) is 7.97. The van der Waals surface area contributed by atoms with Gasteiger partial charge in [-0.2, -0.15) is 5.10 Å². The van der Waals surface area contributed by atoms with Gasteiger partial charge in [-0.3, -0.25) is 9.48 Å². The van der Waals surface area contributed by atoms with Crippen LogP contribution in [0, 0.1) is 5.41 Å². The minimum absolute atomic E-state index is 0.112. The first-order valence-corrected chi connectivity index (χ1v) is 7.39. The van der Waals surface area contributed by atoms with Crippen LogP contribution in [0.4, 0.5) is 0 Å². The van der Waals surface area contributed by atoms with Crippen molar-refractivity contribution in [3.8, 4) is 0 Å². The van der Waals surface area contributed by atoms with E-state index in [9.17, 15) is 9.90 Å². The number of rotatable bonds is 3. The third-order valence-corrected chi connectivity index (χ3v) is 5.06. The molecule has 2 fully saturated rings. The number of ether oxygens (including phenoxy) is 1. The number of hydrogen-bond acceptors (Lipinski definition) is 3. The van der Waals surface area contributed by atoms with E-state index < -0.39 is 11.4 Å². The van der Waals surface area contributed by atoms with Crippen LogP contribution in [0.25, 0.3) is 10.9 Å². The van der Waals surface area contributed by atoms with E-state index in [1.165, 1.54) is 0 Å². The fourth-order valence-electron chi connectivity index (χ4n) is 4.00. The molecule has 1 aromatic carbocycles. The van der Waals surface area contributed by atoms with Crippen LogP contribution < -0.4 is 0 Å². The Morgan fingerprint density at radius 2 is 2.29 bits per heavy atom. The average molecular weight is 286 g/mol. The maximum absolute atomic E-state index is 11.9. The molecule has 5 nitrogen and oxygen atoms in total. The molecule has 0 spiro atoms. The number of aliphatic carboxylic acids is 1. The molecule has 0 amide bonds. The molecule has 0 aliphatic carbocycles. The summed E-state index contributed by atoms with van der Waals surface area (Å²) in [4.78, 5) is 11.9. The van der Waals surface area contributed by atoms with E-state index in [1.807, 2.05) is 36.0 Å². The van der Waals surface area contributed by atoms with E-state index in [0.717, 1.165) is 29.4 Å². The Morgan fingerprint density at radius 3 is 2.95 bits per heavy atom. The number of fused-ring (bicyclic) bond motifs is 3. The van der Waals surface area contributed by atoms with Crippen molar-refractivity contribution in [2.45, 2.75) is 37.9 Å². The maximum Gasteiger partial charge on any atom is 0.312 e. The van der Waals surface area contributed by atoms with Crippen molar-refractivity contribution in [2.75, 3.05) is 0 Å². The van der Waals surface area contributed by atoms with Gasteiger partial charge in [0.2, 0.25) is 0 Å². The van der Waals surface area contributed by atoms with Crippen molar-refractivity contribution < 1.29 is 14.6 Å². The van der Waals surface area contributed by atoms with Gasteiger partial charge >= 0.3 is 5.97 Å². The van der Waals surface area contributed by atoms with Crippen LogP contribution in [0.15, 0.2) is 24.3 Å². The summed E-state index contributed by atoms with van der Waals surface area (Å²) in [7, 11) is 1.90. The zero-order chi connectivity index (χ0) is 14.6. The van der Waals surface area contributed by atoms with Crippen LogP contribution in [0.3, 0.4) is 0 Å². The molecule has 1 aromatic heterocycles. The Labute approximate surface area is 122 Å². The van der Waals surface area contributed by atoms with Crippen LogP contribution in [0.2, 0.25) is 0 Å². The molecule has 2 aliphatic rings. The minimum Gasteiger partial charge on any atom is -0.481 e. The number of para-hydroxylation sites is 1. The molecule has 21 heavy (non-hydrogen) atoms. The highest BCUT2D eigenvalue weighted by atomic mass is 16.5. The average Bonchev–Trinajstić information content (AvgIpc) is 3.14. The van der Waals surface area contributed by atoms with Gasteiger partial charge in [0, 0.05) is 18.9 Å². The highest BCUT2D eigenvalue weighted by molar-refractivity contribution is 5.83. The highest BCUT2D eigenvalue weighted by Gasteiger charge is 2.57. The quantitative estimate of drug-likeness (QED) is 0.939. The van der Waals surface area contributed by atoms with Crippen molar-refractivity contribution in [1.29, 1.82) is 0 Å². The SMILES string of the molecule is Cn1nc(CC2(C(=O)O)CC3CCC2O3)c2ccccc21. The van der Waals surface area contributed by atoms with Crippen molar-refractivity contribution in [3.63, 3.8) is 0 Å². The first-order valence-electron chi connectivity index (χ1n) is 7.39. The zero-order valence-electron chi connectivity index (χ0n) is 12.0. The summed E-state index contributed by atoms with van der Waals surface area (Å²) in [5.74, 6) is -0.746. The van der Waals surface area contributed by atoms with Crippen molar-refractivity contribution >= 4 is 16.9 Å². The molecule has 2 aliphatic heterocycles. The minimum atomic E-state index is -0.806. The van der Waals surface area contributed by atoms with Gasteiger partial charge in [0.15, 0.2) is 0 Å². The van der Waals surface area contributed by atoms with Gasteiger partial charge in [0.1, 0.15) is 5.41 Å². The molecule has 110 valence electrons.